The molecule has 3 aliphatic carbocycles. The van der Waals surface area contributed by atoms with Gasteiger partial charge in [0.05, 0.1) is 18.1 Å². The lowest BCUT2D eigenvalue weighted by atomic mass is 9.46. The Kier molecular flexibility index (Phi) is 5.33. The monoisotopic (exact) mass is 457 g/mol. The molecule has 1 aromatic rings. The summed E-state index contributed by atoms with van der Waals surface area (Å²) in [5.74, 6) is -11.4. The van der Waals surface area contributed by atoms with Crippen LogP contribution in [-0.4, -0.2) is 56.6 Å². The third-order valence-electron chi connectivity index (χ3n) is 8.03. The third-order valence-corrected chi connectivity index (χ3v) is 8.03. The molecule has 0 bridgehead atoms. The van der Waals surface area contributed by atoms with Crippen LogP contribution >= 0.6 is 0 Å². The van der Waals surface area contributed by atoms with E-state index in [0.717, 1.165) is 5.56 Å². The summed E-state index contributed by atoms with van der Waals surface area (Å²) in [5, 5.41) is 32.4. The molecule has 0 spiro atoms. The Bertz CT molecular complexity index is 1110. The highest BCUT2D eigenvalue weighted by Gasteiger charge is 2.71. The number of benzene rings is 1. The normalized spacial score (nSPS) is 35.6. The number of aromatic hydroxyl groups is 1. The Morgan fingerprint density at radius 1 is 1.15 bits per heavy atom. The fraction of sp³-hybridized carbons (Fsp3) is 0.542. The molecule has 1 aromatic carbocycles. The van der Waals surface area contributed by atoms with E-state index in [2.05, 4.69) is 0 Å². The van der Waals surface area contributed by atoms with E-state index in [1.54, 1.807) is 13.0 Å². The van der Waals surface area contributed by atoms with Crippen LogP contribution in [0, 0.1) is 29.1 Å². The number of hydrogen-bond donors (Lipinski definition) is 4. The number of primary amides is 1. The maximum Gasteiger partial charge on any atom is 0.235 e. The molecule has 176 valence electrons. The van der Waals surface area contributed by atoms with Gasteiger partial charge in [-0.1, -0.05) is 19.9 Å². The van der Waals surface area contributed by atoms with E-state index < -0.39 is 70.3 Å². The number of rotatable bonds is 4. The molecular weight excluding hydrogens is 430 g/mol. The van der Waals surface area contributed by atoms with Crippen molar-refractivity contribution in [1.82, 2.24) is 0 Å². The molecule has 9 heteroatoms. The maximum atomic E-state index is 13.8. The largest absolute Gasteiger partial charge is 0.507 e. The van der Waals surface area contributed by atoms with E-state index in [1.165, 1.54) is 6.07 Å². The second-order valence-corrected chi connectivity index (χ2v) is 9.50. The van der Waals surface area contributed by atoms with Crippen molar-refractivity contribution in [3.63, 3.8) is 0 Å². The molecule has 33 heavy (non-hydrogen) atoms. The van der Waals surface area contributed by atoms with E-state index in [4.69, 9.17) is 5.73 Å². The van der Waals surface area contributed by atoms with Crippen LogP contribution in [0.15, 0.2) is 12.1 Å². The summed E-state index contributed by atoms with van der Waals surface area (Å²) in [6.07, 6.45) is 0.581. The van der Waals surface area contributed by atoms with Crippen LogP contribution < -0.4 is 5.73 Å². The van der Waals surface area contributed by atoms with Crippen molar-refractivity contribution in [3.05, 3.63) is 28.8 Å². The molecule has 0 radical (unpaired) electrons. The number of nitrogens with two attached hydrogens (primary N) is 1. The number of ketones is 4. The molecule has 5 N–H and O–H groups in total. The van der Waals surface area contributed by atoms with E-state index in [9.17, 15) is 39.3 Å². The van der Waals surface area contributed by atoms with Crippen molar-refractivity contribution < 1.29 is 39.3 Å². The first-order chi connectivity index (χ1) is 15.5. The first kappa shape index (κ1) is 23.3. The molecular formula is C24H27NO8. The van der Waals surface area contributed by atoms with E-state index in [-0.39, 0.29) is 30.6 Å². The zero-order valence-electron chi connectivity index (χ0n) is 18.5. The number of hydrogen-bond acceptors (Lipinski definition) is 8. The number of fused-ring (bicyclic) bond motifs is 3. The number of aliphatic hydroxyl groups is 2. The minimum Gasteiger partial charge on any atom is -0.507 e. The van der Waals surface area contributed by atoms with Crippen molar-refractivity contribution in [2.45, 2.75) is 45.1 Å². The molecule has 3 aliphatic rings. The van der Waals surface area contributed by atoms with Gasteiger partial charge in [-0.15, -0.1) is 0 Å². The fourth-order valence-corrected chi connectivity index (χ4v) is 6.40. The molecule has 6 unspecified atom stereocenters. The minimum absolute atomic E-state index is 0.0587. The predicted octanol–water partition coefficient (Wildman–Crippen LogP) is -0.112. The Hall–Kier alpha value is -2.91. The number of amides is 1. The Morgan fingerprint density at radius 3 is 2.36 bits per heavy atom. The van der Waals surface area contributed by atoms with Gasteiger partial charge < -0.3 is 21.1 Å². The number of phenols is 1. The first-order valence-electron chi connectivity index (χ1n) is 11.1. The van der Waals surface area contributed by atoms with E-state index in [0.29, 0.717) is 12.0 Å². The summed E-state index contributed by atoms with van der Waals surface area (Å²) in [5.41, 5.74) is 2.38. The maximum absolute atomic E-state index is 13.8. The fourth-order valence-electron chi connectivity index (χ4n) is 6.40. The van der Waals surface area contributed by atoms with Gasteiger partial charge in [0.25, 0.3) is 0 Å². The quantitative estimate of drug-likeness (QED) is 0.453. The third kappa shape index (κ3) is 2.81. The lowest BCUT2D eigenvalue weighted by molar-refractivity contribution is -0.188. The topological polar surface area (TPSA) is 172 Å². The average molecular weight is 457 g/mol. The molecule has 0 aromatic heterocycles. The van der Waals surface area contributed by atoms with Crippen LogP contribution in [0.25, 0.3) is 0 Å². The van der Waals surface area contributed by atoms with Crippen molar-refractivity contribution in [3.8, 4) is 5.75 Å². The van der Waals surface area contributed by atoms with Gasteiger partial charge in [0.2, 0.25) is 5.91 Å². The summed E-state index contributed by atoms with van der Waals surface area (Å²) >= 11 is 0. The van der Waals surface area contributed by atoms with Crippen LogP contribution in [0.1, 0.15) is 48.2 Å². The molecule has 9 nitrogen and oxygen atoms in total. The standard InChI is InChI=1S/C24H27NO8/c1-3-10-5-6-14(27)15-12(10)7-23(9-26)8-13-11(4-2)18(28)16(22(25)32)20(30)24(13,33)21(31)17(23)19(15)29/h5-6,11,13,16-17,26-27,33H,3-4,7-9H2,1-2H3,(H2,25,32). The zero-order valence-corrected chi connectivity index (χ0v) is 18.5. The summed E-state index contributed by atoms with van der Waals surface area (Å²) in [7, 11) is 0. The Labute approximate surface area is 190 Å². The SMILES string of the molecule is CCc1ccc(O)c2c1CC1(CO)CC3C(CC)C(=O)C(C(N)=O)C(=O)C3(O)C(=O)C1C2=O. The van der Waals surface area contributed by atoms with Gasteiger partial charge in [-0.3, -0.25) is 24.0 Å². The number of phenolic OH excluding ortho intramolecular Hbond substituents is 1. The predicted molar refractivity (Wildman–Crippen MR) is 113 cm³/mol. The number of carbonyl (C=O) groups is 5. The molecule has 2 fully saturated rings. The summed E-state index contributed by atoms with van der Waals surface area (Å²) < 4.78 is 0. The lowest BCUT2D eigenvalue weighted by Gasteiger charge is -2.56. The van der Waals surface area contributed by atoms with Gasteiger partial charge in [-0.05, 0) is 42.9 Å². The van der Waals surface area contributed by atoms with Crippen LogP contribution in [0.5, 0.6) is 5.75 Å². The molecule has 4 rings (SSSR count). The van der Waals surface area contributed by atoms with Crippen molar-refractivity contribution >= 4 is 29.0 Å². The second kappa shape index (κ2) is 7.56. The van der Waals surface area contributed by atoms with Crippen molar-refractivity contribution in [2.75, 3.05) is 6.61 Å². The van der Waals surface area contributed by atoms with Gasteiger partial charge in [-0.25, -0.2) is 0 Å². The van der Waals surface area contributed by atoms with Gasteiger partial charge in [0.1, 0.15) is 5.75 Å². The summed E-state index contributed by atoms with van der Waals surface area (Å²) in [6, 6.07) is 3.03. The number of carbonyl (C=O) groups excluding carboxylic acids is 5. The lowest BCUT2D eigenvalue weighted by Crippen LogP contribution is -2.73. The molecule has 0 heterocycles. The van der Waals surface area contributed by atoms with Gasteiger partial charge >= 0.3 is 0 Å². The van der Waals surface area contributed by atoms with E-state index in [1.807, 2.05) is 6.92 Å². The first-order valence-corrected chi connectivity index (χ1v) is 11.1. The van der Waals surface area contributed by atoms with Crippen LogP contribution in [0.3, 0.4) is 0 Å². The molecule has 0 saturated heterocycles. The van der Waals surface area contributed by atoms with Gasteiger partial charge in [0, 0.05) is 17.3 Å². The number of aryl methyl sites for hydroxylation is 1. The van der Waals surface area contributed by atoms with Crippen LogP contribution in [-0.2, 0) is 32.0 Å². The molecule has 2 saturated carbocycles. The number of aliphatic hydroxyl groups excluding tert-OH is 1. The average Bonchev–Trinajstić information content (AvgIpc) is 2.76. The van der Waals surface area contributed by atoms with Crippen LogP contribution in [0.4, 0.5) is 0 Å². The van der Waals surface area contributed by atoms with Gasteiger partial charge in [-0.2, -0.15) is 0 Å². The van der Waals surface area contributed by atoms with Gasteiger partial charge in [0.15, 0.2) is 34.7 Å². The van der Waals surface area contributed by atoms with Crippen molar-refractivity contribution in [1.29, 1.82) is 0 Å². The summed E-state index contributed by atoms with van der Waals surface area (Å²) in [4.78, 5) is 65.4. The molecule has 6 atom stereocenters. The van der Waals surface area contributed by atoms with E-state index >= 15 is 0 Å². The highest BCUT2D eigenvalue weighted by atomic mass is 16.3. The second-order valence-electron chi connectivity index (χ2n) is 9.50. The number of Topliss-reactive ketones (excluding diaryl/α,β-unsaturated/α-hetero) is 4. The highest BCUT2D eigenvalue weighted by molar-refractivity contribution is 6.32. The Morgan fingerprint density at radius 2 is 1.82 bits per heavy atom. The highest BCUT2D eigenvalue weighted by Crippen LogP contribution is 2.57. The molecule has 1 amide bonds. The minimum atomic E-state index is -2.76. The van der Waals surface area contributed by atoms with Crippen molar-refractivity contribution in [2.24, 2.45) is 34.8 Å². The summed E-state index contributed by atoms with van der Waals surface area (Å²) in [6.45, 7) is 2.90. The zero-order chi connectivity index (χ0) is 24.5. The smallest absolute Gasteiger partial charge is 0.235 e. The van der Waals surface area contributed by atoms with Crippen LogP contribution in [0.2, 0.25) is 0 Å². The Balaban J connectivity index is 1.95. The molecule has 0 aliphatic heterocycles.